The Kier molecular flexibility index (Phi) is 5.29. The van der Waals surface area contributed by atoms with E-state index in [2.05, 4.69) is 51.3 Å². The minimum atomic E-state index is 0.0777. The van der Waals surface area contributed by atoms with Crippen molar-refractivity contribution in [2.75, 3.05) is 5.75 Å². The van der Waals surface area contributed by atoms with Crippen LogP contribution in [0.3, 0.4) is 0 Å². The molecule has 1 heterocycles. The number of nitrogens with zero attached hydrogens (tertiary/aromatic N) is 3. The maximum atomic E-state index is 12.3. The van der Waals surface area contributed by atoms with Crippen molar-refractivity contribution < 1.29 is 4.79 Å². The van der Waals surface area contributed by atoms with Crippen molar-refractivity contribution in [2.24, 2.45) is 0 Å². The molecule has 1 amide bonds. The first-order valence-corrected chi connectivity index (χ1v) is 10.6. The molecule has 0 radical (unpaired) electrons. The summed E-state index contributed by atoms with van der Waals surface area (Å²) < 4.78 is 2.30. The van der Waals surface area contributed by atoms with Crippen LogP contribution in [0.5, 0.6) is 0 Å². The zero-order chi connectivity index (χ0) is 17.9. The standard InChI is InChI=1S/C20H26N4OS/c1-14(7-8-15-5-3-2-4-6-15)21-18(25)13-26-20-23-22-19(16-9-10-16)24(20)17-11-12-17/h2-6,14,16-17H,7-13H2,1H3,(H,21,25)/t14-/m0/s1. The third-order valence-electron chi connectivity index (χ3n) is 4.99. The molecule has 1 aromatic carbocycles. The van der Waals surface area contributed by atoms with Crippen molar-refractivity contribution in [3.05, 3.63) is 41.7 Å². The molecule has 0 bridgehead atoms. The molecule has 2 fully saturated rings. The van der Waals surface area contributed by atoms with Crippen molar-refractivity contribution in [1.29, 1.82) is 0 Å². The average Bonchev–Trinajstić information content (AvgIpc) is 3.58. The number of benzene rings is 1. The summed E-state index contributed by atoms with van der Waals surface area (Å²) in [6, 6.07) is 11.1. The summed E-state index contributed by atoms with van der Waals surface area (Å²) in [6.45, 7) is 2.07. The minimum absolute atomic E-state index is 0.0777. The van der Waals surface area contributed by atoms with E-state index in [1.165, 1.54) is 43.0 Å². The highest BCUT2D eigenvalue weighted by Gasteiger charge is 2.36. The number of rotatable bonds is 9. The molecule has 0 saturated heterocycles. The van der Waals surface area contributed by atoms with Crippen LogP contribution in [0.2, 0.25) is 0 Å². The van der Waals surface area contributed by atoms with Gasteiger partial charge >= 0.3 is 0 Å². The Balaban J connectivity index is 1.25. The van der Waals surface area contributed by atoms with Gasteiger partial charge in [-0.1, -0.05) is 42.1 Å². The second kappa shape index (κ2) is 7.82. The first kappa shape index (κ1) is 17.6. The maximum Gasteiger partial charge on any atom is 0.230 e. The molecule has 138 valence electrons. The fourth-order valence-electron chi connectivity index (χ4n) is 3.23. The molecule has 6 heteroatoms. The number of aryl methyl sites for hydroxylation is 1. The quantitative estimate of drug-likeness (QED) is 0.684. The second-order valence-corrected chi connectivity index (χ2v) is 8.44. The van der Waals surface area contributed by atoms with Gasteiger partial charge in [-0.2, -0.15) is 0 Å². The smallest absolute Gasteiger partial charge is 0.230 e. The minimum Gasteiger partial charge on any atom is -0.353 e. The van der Waals surface area contributed by atoms with E-state index in [9.17, 15) is 4.79 Å². The zero-order valence-corrected chi connectivity index (χ0v) is 16.0. The van der Waals surface area contributed by atoms with Crippen LogP contribution in [-0.2, 0) is 11.2 Å². The number of carbonyl (C=O) groups is 1. The molecule has 1 aromatic heterocycles. The fraction of sp³-hybridized carbons (Fsp3) is 0.550. The Labute approximate surface area is 159 Å². The lowest BCUT2D eigenvalue weighted by molar-refractivity contribution is -0.119. The predicted molar refractivity (Wildman–Crippen MR) is 103 cm³/mol. The molecule has 1 atom stereocenters. The van der Waals surface area contributed by atoms with E-state index in [4.69, 9.17) is 0 Å². The van der Waals surface area contributed by atoms with E-state index in [1.807, 2.05) is 6.07 Å². The Hall–Kier alpha value is -1.82. The van der Waals surface area contributed by atoms with Crippen molar-refractivity contribution in [1.82, 2.24) is 20.1 Å². The first-order chi connectivity index (χ1) is 12.7. The lowest BCUT2D eigenvalue weighted by atomic mass is 10.1. The number of thioether (sulfide) groups is 1. The Morgan fingerprint density at radius 3 is 2.69 bits per heavy atom. The normalized spacial score (nSPS) is 17.9. The highest BCUT2D eigenvalue weighted by molar-refractivity contribution is 7.99. The number of aromatic nitrogens is 3. The van der Waals surface area contributed by atoms with Crippen LogP contribution in [0.1, 0.15) is 62.4 Å². The topological polar surface area (TPSA) is 59.8 Å². The number of nitrogens with one attached hydrogen (secondary N) is 1. The van der Waals surface area contributed by atoms with E-state index in [0.717, 1.165) is 23.8 Å². The summed E-state index contributed by atoms with van der Waals surface area (Å²) in [5.41, 5.74) is 1.31. The van der Waals surface area contributed by atoms with Crippen molar-refractivity contribution in [3.8, 4) is 0 Å². The molecule has 0 spiro atoms. The fourth-order valence-corrected chi connectivity index (χ4v) is 4.05. The van der Waals surface area contributed by atoms with E-state index in [-0.39, 0.29) is 11.9 Å². The number of carbonyl (C=O) groups excluding carboxylic acids is 1. The van der Waals surface area contributed by atoms with Gasteiger partial charge in [0.2, 0.25) is 5.91 Å². The summed E-state index contributed by atoms with van der Waals surface area (Å²) in [5, 5.41) is 12.8. The number of hydrogen-bond acceptors (Lipinski definition) is 4. The van der Waals surface area contributed by atoms with E-state index >= 15 is 0 Å². The van der Waals surface area contributed by atoms with Crippen molar-refractivity contribution in [2.45, 2.75) is 68.6 Å². The lowest BCUT2D eigenvalue weighted by Crippen LogP contribution is -2.34. The number of hydrogen-bond donors (Lipinski definition) is 1. The predicted octanol–water partition coefficient (Wildman–Crippen LogP) is 3.72. The van der Waals surface area contributed by atoms with Gasteiger partial charge in [-0.05, 0) is 51.0 Å². The van der Waals surface area contributed by atoms with E-state index < -0.39 is 0 Å². The summed E-state index contributed by atoms with van der Waals surface area (Å²) in [7, 11) is 0. The Bertz CT molecular complexity index is 752. The van der Waals surface area contributed by atoms with Crippen LogP contribution >= 0.6 is 11.8 Å². The van der Waals surface area contributed by atoms with Gasteiger partial charge in [-0.25, -0.2) is 0 Å². The summed E-state index contributed by atoms with van der Waals surface area (Å²) in [5.74, 6) is 2.23. The van der Waals surface area contributed by atoms with E-state index in [1.54, 1.807) is 0 Å². The third-order valence-corrected chi connectivity index (χ3v) is 5.94. The second-order valence-electron chi connectivity index (χ2n) is 7.50. The van der Waals surface area contributed by atoms with Gasteiger partial charge in [-0.3, -0.25) is 4.79 Å². The summed E-state index contributed by atoms with van der Waals surface area (Å²) >= 11 is 1.52. The average molecular weight is 371 g/mol. The Morgan fingerprint density at radius 1 is 1.23 bits per heavy atom. The maximum absolute atomic E-state index is 12.3. The highest BCUT2D eigenvalue weighted by atomic mass is 32.2. The van der Waals surface area contributed by atoms with Crippen molar-refractivity contribution in [3.63, 3.8) is 0 Å². The van der Waals surface area contributed by atoms with Crippen LogP contribution in [0.4, 0.5) is 0 Å². The van der Waals surface area contributed by atoms with Gasteiger partial charge < -0.3 is 9.88 Å². The largest absolute Gasteiger partial charge is 0.353 e. The van der Waals surface area contributed by atoms with Gasteiger partial charge in [0, 0.05) is 18.0 Å². The SMILES string of the molecule is C[C@@H](CCc1ccccc1)NC(=O)CSc1nnc(C2CC2)n1C1CC1. The first-order valence-electron chi connectivity index (χ1n) is 9.61. The molecule has 0 unspecified atom stereocenters. The van der Waals surface area contributed by atoms with Gasteiger partial charge in [0.15, 0.2) is 5.16 Å². The van der Waals surface area contributed by atoms with Crippen LogP contribution in [0.25, 0.3) is 0 Å². The molecular formula is C20H26N4OS. The molecule has 2 saturated carbocycles. The zero-order valence-electron chi connectivity index (χ0n) is 15.2. The van der Waals surface area contributed by atoms with E-state index in [0.29, 0.717) is 17.7 Å². The van der Waals surface area contributed by atoms with Crippen molar-refractivity contribution >= 4 is 17.7 Å². The molecule has 26 heavy (non-hydrogen) atoms. The van der Waals surface area contributed by atoms with Gasteiger partial charge in [-0.15, -0.1) is 10.2 Å². The monoisotopic (exact) mass is 370 g/mol. The summed E-state index contributed by atoms with van der Waals surface area (Å²) in [6.07, 6.45) is 6.83. The lowest BCUT2D eigenvalue weighted by Gasteiger charge is -2.14. The third kappa shape index (κ3) is 4.47. The van der Waals surface area contributed by atoms with Crippen LogP contribution in [0, 0.1) is 0 Å². The van der Waals surface area contributed by atoms with Crippen LogP contribution in [0.15, 0.2) is 35.5 Å². The number of amides is 1. The summed E-state index contributed by atoms with van der Waals surface area (Å²) in [4.78, 5) is 12.3. The molecule has 1 N–H and O–H groups in total. The van der Waals surface area contributed by atoms with Crippen LogP contribution in [-0.4, -0.2) is 32.5 Å². The van der Waals surface area contributed by atoms with Crippen LogP contribution < -0.4 is 5.32 Å². The molecule has 2 aliphatic rings. The van der Waals surface area contributed by atoms with Gasteiger partial charge in [0.05, 0.1) is 5.75 Å². The Morgan fingerprint density at radius 2 is 2.00 bits per heavy atom. The van der Waals surface area contributed by atoms with Gasteiger partial charge in [0.1, 0.15) is 5.82 Å². The molecule has 2 aromatic rings. The highest BCUT2D eigenvalue weighted by Crippen LogP contribution is 2.45. The molecular weight excluding hydrogens is 344 g/mol. The molecule has 0 aliphatic heterocycles. The molecule has 2 aliphatic carbocycles. The molecule has 4 rings (SSSR count). The van der Waals surface area contributed by atoms with Gasteiger partial charge in [0.25, 0.3) is 0 Å². The molecule has 5 nitrogen and oxygen atoms in total.